The van der Waals surface area contributed by atoms with E-state index in [0.29, 0.717) is 31.9 Å². The molecule has 4 heteroatoms. The number of rotatable bonds is 8. The van der Waals surface area contributed by atoms with E-state index in [1.807, 2.05) is 45.9 Å². The Morgan fingerprint density at radius 2 is 1.68 bits per heavy atom. The largest absolute Gasteiger partial charge is 0.490 e. The number of ether oxygens (including phenoxy) is 2. The predicted molar refractivity (Wildman–Crippen MR) is 100 cm³/mol. The number of hydrogen-bond donors (Lipinski definition) is 1. The molecule has 2 aromatic rings. The van der Waals surface area contributed by atoms with Gasteiger partial charge in [-0.15, -0.1) is 0 Å². The van der Waals surface area contributed by atoms with Crippen LogP contribution in [0.5, 0.6) is 11.5 Å². The molecule has 0 fully saturated rings. The molecule has 0 radical (unpaired) electrons. The summed E-state index contributed by atoms with van der Waals surface area (Å²) in [6.07, 6.45) is 0.392. The summed E-state index contributed by atoms with van der Waals surface area (Å²) in [5.41, 5.74) is 4.36. The second-order valence-electron chi connectivity index (χ2n) is 6.03. The van der Waals surface area contributed by atoms with Gasteiger partial charge < -0.3 is 14.8 Å². The Hall–Kier alpha value is -2.49. The third-order valence-corrected chi connectivity index (χ3v) is 3.95. The molecule has 0 aliphatic rings. The van der Waals surface area contributed by atoms with Crippen molar-refractivity contribution in [2.75, 3.05) is 13.2 Å². The van der Waals surface area contributed by atoms with Crippen LogP contribution in [-0.4, -0.2) is 19.1 Å². The normalized spacial score (nSPS) is 10.4. The van der Waals surface area contributed by atoms with Gasteiger partial charge in [-0.3, -0.25) is 4.79 Å². The van der Waals surface area contributed by atoms with Gasteiger partial charge in [0.25, 0.3) is 0 Å². The molecule has 0 unspecified atom stereocenters. The number of carbonyl (C=O) groups is 1. The first-order valence-electron chi connectivity index (χ1n) is 8.74. The van der Waals surface area contributed by atoms with E-state index in [2.05, 4.69) is 23.5 Å². The topological polar surface area (TPSA) is 47.6 Å². The van der Waals surface area contributed by atoms with E-state index < -0.39 is 0 Å². The molecule has 0 spiro atoms. The lowest BCUT2D eigenvalue weighted by atomic mass is 10.0. The van der Waals surface area contributed by atoms with E-state index in [-0.39, 0.29) is 5.91 Å². The summed E-state index contributed by atoms with van der Waals surface area (Å²) in [7, 11) is 0. The van der Waals surface area contributed by atoms with Crippen molar-refractivity contribution in [1.82, 2.24) is 5.32 Å². The van der Waals surface area contributed by atoms with Crippen LogP contribution in [0.3, 0.4) is 0 Å². The Morgan fingerprint density at radius 3 is 2.40 bits per heavy atom. The molecule has 2 rings (SSSR count). The summed E-state index contributed by atoms with van der Waals surface area (Å²) in [6, 6.07) is 11.9. The van der Waals surface area contributed by atoms with E-state index in [1.165, 1.54) is 5.56 Å². The van der Waals surface area contributed by atoms with Gasteiger partial charge in [-0.1, -0.05) is 29.8 Å². The van der Waals surface area contributed by atoms with Crippen LogP contribution in [-0.2, 0) is 17.8 Å². The van der Waals surface area contributed by atoms with Crippen molar-refractivity contribution >= 4 is 5.91 Å². The molecular formula is C21H27NO3. The van der Waals surface area contributed by atoms with Crippen LogP contribution in [0.2, 0.25) is 0 Å². The first-order chi connectivity index (χ1) is 12.0. The molecule has 0 saturated carbocycles. The molecule has 0 aliphatic carbocycles. The monoisotopic (exact) mass is 341 g/mol. The molecule has 0 aromatic heterocycles. The van der Waals surface area contributed by atoms with Gasteiger partial charge in [-0.2, -0.15) is 0 Å². The van der Waals surface area contributed by atoms with Crippen molar-refractivity contribution in [3.05, 3.63) is 58.7 Å². The van der Waals surface area contributed by atoms with E-state index in [9.17, 15) is 4.79 Å². The Labute approximate surface area is 150 Å². The Balaban J connectivity index is 1.99. The summed E-state index contributed by atoms with van der Waals surface area (Å²) in [6.45, 7) is 9.58. The molecule has 25 heavy (non-hydrogen) atoms. The van der Waals surface area contributed by atoms with E-state index >= 15 is 0 Å². The average Bonchev–Trinajstić information content (AvgIpc) is 2.59. The summed E-state index contributed by atoms with van der Waals surface area (Å²) in [5.74, 6) is 1.46. The van der Waals surface area contributed by atoms with Crippen molar-refractivity contribution in [3.63, 3.8) is 0 Å². The van der Waals surface area contributed by atoms with Crippen molar-refractivity contribution in [2.24, 2.45) is 0 Å². The zero-order chi connectivity index (χ0) is 18.2. The van der Waals surface area contributed by atoms with E-state index in [1.54, 1.807) is 0 Å². The number of carbonyl (C=O) groups excluding carboxylic acids is 1. The van der Waals surface area contributed by atoms with Crippen LogP contribution >= 0.6 is 0 Å². The van der Waals surface area contributed by atoms with E-state index in [4.69, 9.17) is 9.47 Å². The van der Waals surface area contributed by atoms with Crippen molar-refractivity contribution in [3.8, 4) is 11.5 Å². The van der Waals surface area contributed by atoms with Crippen LogP contribution < -0.4 is 14.8 Å². The van der Waals surface area contributed by atoms with E-state index in [0.717, 1.165) is 22.4 Å². The first kappa shape index (κ1) is 18.8. The van der Waals surface area contributed by atoms with Gasteiger partial charge in [0.2, 0.25) is 5.91 Å². The highest BCUT2D eigenvalue weighted by atomic mass is 16.5. The van der Waals surface area contributed by atoms with Crippen LogP contribution in [0.4, 0.5) is 0 Å². The fraction of sp³-hybridized carbons (Fsp3) is 0.381. The lowest BCUT2D eigenvalue weighted by Crippen LogP contribution is -2.24. The van der Waals surface area contributed by atoms with Gasteiger partial charge in [0.1, 0.15) is 0 Å². The lowest BCUT2D eigenvalue weighted by molar-refractivity contribution is -0.120. The fourth-order valence-corrected chi connectivity index (χ4v) is 2.63. The predicted octanol–water partition coefficient (Wildman–Crippen LogP) is 3.96. The zero-order valence-electron chi connectivity index (χ0n) is 15.5. The molecule has 2 aromatic carbocycles. The zero-order valence-corrected chi connectivity index (χ0v) is 15.5. The molecule has 4 nitrogen and oxygen atoms in total. The maximum Gasteiger partial charge on any atom is 0.224 e. The highest BCUT2D eigenvalue weighted by Crippen LogP contribution is 2.28. The maximum atomic E-state index is 12.3. The van der Waals surface area contributed by atoms with Crippen molar-refractivity contribution < 1.29 is 14.3 Å². The number of aryl methyl sites for hydroxylation is 2. The second-order valence-corrected chi connectivity index (χ2v) is 6.03. The molecule has 1 N–H and O–H groups in total. The van der Waals surface area contributed by atoms with Gasteiger partial charge >= 0.3 is 0 Å². The summed E-state index contributed by atoms with van der Waals surface area (Å²) in [4.78, 5) is 12.3. The van der Waals surface area contributed by atoms with Gasteiger partial charge in [-0.05, 0) is 56.5 Å². The van der Waals surface area contributed by atoms with Gasteiger partial charge in [0.05, 0.1) is 19.6 Å². The second kappa shape index (κ2) is 9.11. The van der Waals surface area contributed by atoms with Crippen LogP contribution in [0, 0.1) is 13.8 Å². The Bertz CT molecular complexity index is 725. The third kappa shape index (κ3) is 5.52. The van der Waals surface area contributed by atoms with Crippen LogP contribution in [0.15, 0.2) is 36.4 Å². The Morgan fingerprint density at radius 1 is 0.960 bits per heavy atom. The maximum absolute atomic E-state index is 12.3. The number of amides is 1. The SMILES string of the molecule is CCOc1ccc(CNC(=O)Cc2cc(C)ccc2C)cc1OCC. The fourth-order valence-electron chi connectivity index (χ4n) is 2.63. The smallest absolute Gasteiger partial charge is 0.224 e. The first-order valence-corrected chi connectivity index (χ1v) is 8.74. The van der Waals surface area contributed by atoms with Gasteiger partial charge in [0.15, 0.2) is 11.5 Å². The van der Waals surface area contributed by atoms with Gasteiger partial charge in [-0.25, -0.2) is 0 Å². The number of nitrogens with one attached hydrogen (secondary N) is 1. The molecule has 134 valence electrons. The summed E-state index contributed by atoms with van der Waals surface area (Å²) >= 11 is 0. The summed E-state index contributed by atoms with van der Waals surface area (Å²) < 4.78 is 11.2. The molecule has 0 saturated heterocycles. The molecule has 1 amide bonds. The minimum atomic E-state index is 0.0144. The van der Waals surface area contributed by atoms with Crippen molar-refractivity contribution in [1.29, 1.82) is 0 Å². The minimum absolute atomic E-state index is 0.0144. The number of benzene rings is 2. The summed E-state index contributed by atoms with van der Waals surface area (Å²) in [5, 5.41) is 2.98. The highest BCUT2D eigenvalue weighted by molar-refractivity contribution is 5.79. The molecular weight excluding hydrogens is 314 g/mol. The Kier molecular flexibility index (Phi) is 6.87. The average molecular weight is 341 g/mol. The third-order valence-electron chi connectivity index (χ3n) is 3.95. The van der Waals surface area contributed by atoms with Crippen LogP contribution in [0.1, 0.15) is 36.1 Å². The molecule has 0 heterocycles. The molecule has 0 atom stereocenters. The van der Waals surface area contributed by atoms with Gasteiger partial charge in [0, 0.05) is 6.54 Å². The quantitative estimate of drug-likeness (QED) is 0.790. The number of hydrogen-bond acceptors (Lipinski definition) is 3. The molecule has 0 aliphatic heterocycles. The standard InChI is InChI=1S/C21H27NO3/c1-5-24-19-10-9-17(12-20(19)25-6-2)14-22-21(23)13-18-11-15(3)7-8-16(18)4/h7-12H,5-6,13-14H2,1-4H3,(H,22,23). The molecule has 0 bridgehead atoms. The highest BCUT2D eigenvalue weighted by Gasteiger charge is 2.09. The minimum Gasteiger partial charge on any atom is -0.490 e. The van der Waals surface area contributed by atoms with Crippen LogP contribution in [0.25, 0.3) is 0 Å². The lowest BCUT2D eigenvalue weighted by Gasteiger charge is -2.13. The van der Waals surface area contributed by atoms with Crippen molar-refractivity contribution in [2.45, 2.75) is 40.7 Å².